The Morgan fingerprint density at radius 2 is 1.77 bits per heavy atom. The summed E-state index contributed by atoms with van der Waals surface area (Å²) < 4.78 is 17.0. The molecular weight excluding hydrogens is 606 g/mol. The number of anilines is 2. The van der Waals surface area contributed by atoms with Gasteiger partial charge in [-0.1, -0.05) is 12.1 Å². The van der Waals surface area contributed by atoms with Crippen molar-refractivity contribution in [3.8, 4) is 28.4 Å². The zero-order chi connectivity index (χ0) is 33.7. The average Bonchev–Trinajstić information content (AvgIpc) is 3.30. The summed E-state index contributed by atoms with van der Waals surface area (Å²) in [5.74, 6) is 0.104. The summed E-state index contributed by atoms with van der Waals surface area (Å²) >= 11 is 0. The molecule has 0 spiro atoms. The number of methoxy groups -OCH3 is 3. The summed E-state index contributed by atoms with van der Waals surface area (Å²) in [6.45, 7) is 1.93. The first-order valence-corrected chi connectivity index (χ1v) is 15.1. The zero-order valence-corrected chi connectivity index (χ0v) is 26.7. The van der Waals surface area contributed by atoms with E-state index in [1.165, 1.54) is 32.1 Å². The standard InChI is InChI=1S/C34H37N5O8/c1-19(40)37-25-10-8-20-15-28(45-2)32(46-3)33(47-4)31(20)23-9-11-26(27(41)16-24(23)25)36-17-29(42)38-22-7-5-6-21(14-22)34(44)39-13-12-35-30(43)18-39/h5-7,9,11,14-16,25H,8,10,12-13,17-18H2,1-4H3,(H,35,43)(H,36,41)(H,37,40)(H,38,42)/t25-/m0/s1. The van der Waals surface area contributed by atoms with E-state index in [0.717, 1.165) is 5.56 Å². The number of aryl methyl sites for hydroxylation is 1. The number of nitrogens with one attached hydrogen (secondary N) is 4. The molecule has 2 aliphatic rings. The van der Waals surface area contributed by atoms with E-state index in [0.29, 0.717) is 71.1 Å². The molecule has 246 valence electrons. The number of rotatable bonds is 9. The van der Waals surface area contributed by atoms with Crippen LogP contribution in [0.2, 0.25) is 0 Å². The van der Waals surface area contributed by atoms with Crippen LogP contribution in [-0.2, 0) is 20.8 Å². The predicted molar refractivity (Wildman–Crippen MR) is 175 cm³/mol. The number of piperazine rings is 1. The monoisotopic (exact) mass is 643 g/mol. The lowest BCUT2D eigenvalue weighted by Crippen LogP contribution is -2.49. The van der Waals surface area contributed by atoms with E-state index in [1.807, 2.05) is 6.07 Å². The van der Waals surface area contributed by atoms with E-state index in [1.54, 1.807) is 43.5 Å². The van der Waals surface area contributed by atoms with Gasteiger partial charge in [-0.05, 0) is 65.9 Å². The highest BCUT2D eigenvalue weighted by Gasteiger charge is 2.29. The van der Waals surface area contributed by atoms with Crippen LogP contribution in [0.3, 0.4) is 0 Å². The van der Waals surface area contributed by atoms with Crippen LogP contribution >= 0.6 is 0 Å². The number of fused-ring (bicyclic) bond motifs is 3. The average molecular weight is 644 g/mol. The molecule has 3 aromatic rings. The van der Waals surface area contributed by atoms with Gasteiger partial charge >= 0.3 is 0 Å². The van der Waals surface area contributed by atoms with Crippen molar-refractivity contribution in [1.29, 1.82) is 0 Å². The second kappa shape index (κ2) is 14.2. The fourth-order valence-electron chi connectivity index (χ4n) is 5.96. The minimum Gasteiger partial charge on any atom is -0.493 e. The normalized spacial score (nSPS) is 15.2. The molecule has 1 atom stereocenters. The van der Waals surface area contributed by atoms with Gasteiger partial charge in [0.1, 0.15) is 0 Å². The van der Waals surface area contributed by atoms with Crippen molar-refractivity contribution in [2.75, 3.05) is 58.1 Å². The van der Waals surface area contributed by atoms with Gasteiger partial charge in [-0.2, -0.15) is 0 Å². The quantitative estimate of drug-likeness (QED) is 0.274. The Morgan fingerprint density at radius 1 is 0.979 bits per heavy atom. The maximum absolute atomic E-state index is 13.5. The Morgan fingerprint density at radius 3 is 2.47 bits per heavy atom. The lowest BCUT2D eigenvalue weighted by atomic mass is 9.95. The van der Waals surface area contributed by atoms with Crippen LogP contribution in [0.1, 0.15) is 40.9 Å². The Kier molecular flexibility index (Phi) is 9.93. The van der Waals surface area contributed by atoms with Gasteiger partial charge in [-0.15, -0.1) is 0 Å². The number of benzene rings is 2. The van der Waals surface area contributed by atoms with Crippen molar-refractivity contribution >= 4 is 35.0 Å². The first-order chi connectivity index (χ1) is 22.6. The van der Waals surface area contributed by atoms with Crippen LogP contribution in [-0.4, -0.2) is 76.0 Å². The summed E-state index contributed by atoms with van der Waals surface area (Å²) in [5.41, 5.74) is 3.39. The van der Waals surface area contributed by atoms with Gasteiger partial charge in [0.25, 0.3) is 5.91 Å². The Bertz CT molecular complexity index is 1790. The van der Waals surface area contributed by atoms with Crippen LogP contribution in [0.15, 0.2) is 53.3 Å². The number of amides is 4. The molecule has 1 saturated heterocycles. The van der Waals surface area contributed by atoms with Crippen molar-refractivity contribution < 1.29 is 33.4 Å². The molecule has 5 rings (SSSR count). The molecule has 0 bridgehead atoms. The van der Waals surface area contributed by atoms with Gasteiger partial charge in [0, 0.05) is 36.8 Å². The van der Waals surface area contributed by atoms with E-state index >= 15 is 0 Å². The lowest BCUT2D eigenvalue weighted by Gasteiger charge is -2.26. The van der Waals surface area contributed by atoms with Crippen molar-refractivity contribution in [2.24, 2.45) is 0 Å². The molecule has 4 amide bonds. The van der Waals surface area contributed by atoms with Gasteiger partial charge in [-0.3, -0.25) is 24.0 Å². The molecule has 0 aromatic heterocycles. The minimum atomic E-state index is -0.470. The van der Waals surface area contributed by atoms with Gasteiger partial charge in [0.2, 0.25) is 28.9 Å². The predicted octanol–water partition coefficient (Wildman–Crippen LogP) is 2.49. The van der Waals surface area contributed by atoms with E-state index in [2.05, 4.69) is 21.3 Å². The second-order valence-electron chi connectivity index (χ2n) is 11.2. The molecule has 1 heterocycles. The molecular formula is C34H37N5O8. The SMILES string of the molecule is COc1cc2c(c(OC)c1OC)-c1ccc(NCC(=O)Nc3cccc(C(=O)N4CCNC(=O)C4)c3)c(=O)cc1[C@@H](NC(C)=O)CC2. The lowest BCUT2D eigenvalue weighted by molar-refractivity contribution is -0.123. The van der Waals surface area contributed by atoms with Crippen LogP contribution in [0.25, 0.3) is 11.1 Å². The zero-order valence-electron chi connectivity index (χ0n) is 26.7. The van der Waals surface area contributed by atoms with Gasteiger partial charge < -0.3 is 40.4 Å². The maximum atomic E-state index is 13.5. The molecule has 1 aliphatic carbocycles. The number of ether oxygens (including phenoxy) is 3. The molecule has 3 aromatic carbocycles. The van der Waals surface area contributed by atoms with E-state index < -0.39 is 11.9 Å². The first kappa shape index (κ1) is 32.8. The summed E-state index contributed by atoms with van der Waals surface area (Å²) in [4.78, 5) is 64.7. The van der Waals surface area contributed by atoms with Gasteiger partial charge in [0.15, 0.2) is 11.5 Å². The number of nitrogens with zero attached hydrogens (tertiary/aromatic N) is 1. The number of hydrogen-bond donors (Lipinski definition) is 4. The van der Waals surface area contributed by atoms with Crippen LogP contribution in [0, 0.1) is 0 Å². The molecule has 4 N–H and O–H groups in total. The minimum absolute atomic E-state index is 0.0273. The van der Waals surface area contributed by atoms with Crippen LogP contribution in [0.5, 0.6) is 17.2 Å². The maximum Gasteiger partial charge on any atom is 0.254 e. The first-order valence-electron chi connectivity index (χ1n) is 15.1. The third-order valence-corrected chi connectivity index (χ3v) is 8.07. The smallest absolute Gasteiger partial charge is 0.254 e. The van der Waals surface area contributed by atoms with E-state index in [9.17, 15) is 24.0 Å². The molecule has 13 nitrogen and oxygen atoms in total. The molecule has 0 unspecified atom stereocenters. The fourth-order valence-corrected chi connectivity index (χ4v) is 5.96. The van der Waals surface area contributed by atoms with Crippen molar-refractivity contribution in [3.63, 3.8) is 0 Å². The Labute approximate surface area is 271 Å². The highest BCUT2D eigenvalue weighted by Crippen LogP contribution is 2.50. The molecule has 1 fully saturated rings. The summed E-state index contributed by atoms with van der Waals surface area (Å²) in [5, 5.41) is 11.3. The number of carbonyl (C=O) groups is 4. The van der Waals surface area contributed by atoms with Gasteiger partial charge in [-0.25, -0.2) is 0 Å². The van der Waals surface area contributed by atoms with Crippen molar-refractivity contribution in [3.05, 3.63) is 75.4 Å². The third kappa shape index (κ3) is 7.13. The van der Waals surface area contributed by atoms with Crippen molar-refractivity contribution in [2.45, 2.75) is 25.8 Å². The van der Waals surface area contributed by atoms with E-state index in [-0.39, 0.29) is 41.9 Å². The van der Waals surface area contributed by atoms with Crippen molar-refractivity contribution in [1.82, 2.24) is 15.5 Å². The largest absolute Gasteiger partial charge is 0.493 e. The highest BCUT2D eigenvalue weighted by atomic mass is 16.5. The fraction of sp³-hybridized carbons (Fsp3) is 0.324. The topological polar surface area (TPSA) is 164 Å². The highest BCUT2D eigenvalue weighted by molar-refractivity contribution is 5.99. The third-order valence-electron chi connectivity index (χ3n) is 8.07. The van der Waals surface area contributed by atoms with Gasteiger partial charge in [0.05, 0.1) is 46.1 Å². The molecule has 13 heteroatoms. The van der Waals surface area contributed by atoms with Crippen LogP contribution in [0.4, 0.5) is 11.4 Å². The summed E-state index contributed by atoms with van der Waals surface area (Å²) in [6, 6.07) is 12.7. The second-order valence-corrected chi connectivity index (χ2v) is 11.2. The van der Waals surface area contributed by atoms with E-state index in [4.69, 9.17) is 14.2 Å². The Hall–Kier alpha value is -5.59. The molecule has 47 heavy (non-hydrogen) atoms. The number of carbonyl (C=O) groups excluding carboxylic acids is 4. The molecule has 0 radical (unpaired) electrons. The molecule has 1 aliphatic heterocycles. The van der Waals surface area contributed by atoms with Crippen LogP contribution < -0.4 is 40.9 Å². The number of hydrogen-bond acceptors (Lipinski definition) is 9. The molecule has 0 saturated carbocycles. The summed E-state index contributed by atoms with van der Waals surface area (Å²) in [7, 11) is 4.58. The summed E-state index contributed by atoms with van der Waals surface area (Å²) in [6.07, 6.45) is 1.08. The Balaban J connectivity index is 1.41.